The van der Waals surface area contributed by atoms with Gasteiger partial charge in [-0.05, 0) is 54.1 Å². The second kappa shape index (κ2) is 8.06. The first-order valence-electron chi connectivity index (χ1n) is 9.85. The number of ketones is 1. The van der Waals surface area contributed by atoms with E-state index in [0.717, 1.165) is 0 Å². The number of benzene rings is 3. The summed E-state index contributed by atoms with van der Waals surface area (Å²) in [5.41, 5.74) is 1.04. The number of fused-ring (bicyclic) bond motifs is 1. The second-order valence-electron chi connectivity index (χ2n) is 7.47. The number of hydrogen-bond acceptors (Lipinski definition) is 4. The highest BCUT2D eigenvalue weighted by molar-refractivity contribution is 6.42. The van der Waals surface area contributed by atoms with E-state index in [2.05, 4.69) is 0 Å². The molecule has 2 heterocycles. The van der Waals surface area contributed by atoms with E-state index >= 15 is 0 Å². The Morgan fingerprint density at radius 2 is 1.70 bits per heavy atom. The van der Waals surface area contributed by atoms with Crippen molar-refractivity contribution in [1.82, 2.24) is 0 Å². The molecule has 0 spiro atoms. The number of furan rings is 1. The number of rotatable bonds is 4. The van der Waals surface area contributed by atoms with Gasteiger partial charge >= 0.3 is 0 Å². The first-order valence-corrected chi connectivity index (χ1v) is 10.6. The Hall–Kier alpha value is -3.61. The predicted molar refractivity (Wildman–Crippen MR) is 123 cm³/mol. The number of halogens is 3. The molecular formula is C25H14Cl2FNO4. The highest BCUT2D eigenvalue weighted by atomic mass is 35.5. The van der Waals surface area contributed by atoms with E-state index in [1.54, 1.807) is 36.4 Å². The number of hydrogen-bond donors (Lipinski definition) is 1. The quantitative estimate of drug-likeness (QED) is 0.330. The molecule has 0 fully saturated rings. The van der Waals surface area contributed by atoms with E-state index in [4.69, 9.17) is 27.6 Å². The average Bonchev–Trinajstić information content (AvgIpc) is 3.35. The zero-order valence-electron chi connectivity index (χ0n) is 16.8. The fourth-order valence-corrected chi connectivity index (χ4v) is 4.24. The van der Waals surface area contributed by atoms with Crippen LogP contribution < -0.4 is 4.90 Å². The van der Waals surface area contributed by atoms with Crippen LogP contribution in [0.15, 0.2) is 88.5 Å². The van der Waals surface area contributed by atoms with Crippen LogP contribution in [0.25, 0.3) is 11.0 Å². The molecule has 0 saturated heterocycles. The Balaban J connectivity index is 1.68. The molecule has 0 radical (unpaired) electrons. The molecule has 1 atom stereocenters. The zero-order chi connectivity index (χ0) is 23.3. The van der Waals surface area contributed by atoms with Crippen LogP contribution in [-0.4, -0.2) is 16.8 Å². The maximum atomic E-state index is 13.5. The van der Waals surface area contributed by atoms with E-state index < -0.39 is 29.3 Å². The predicted octanol–water partition coefficient (Wildman–Crippen LogP) is 6.66. The molecule has 0 saturated carbocycles. The summed E-state index contributed by atoms with van der Waals surface area (Å²) in [7, 11) is 0. The Bertz CT molecular complexity index is 1430. The maximum Gasteiger partial charge on any atom is 0.294 e. The number of nitrogens with zero attached hydrogens (tertiary/aromatic N) is 1. The number of anilines is 1. The molecule has 0 aliphatic carbocycles. The minimum absolute atomic E-state index is 0.0310. The fraction of sp³-hybridized carbons (Fsp3) is 0.0400. The number of carbonyl (C=O) groups excluding carboxylic acids is 2. The van der Waals surface area contributed by atoms with Crippen molar-refractivity contribution in [2.45, 2.75) is 6.04 Å². The monoisotopic (exact) mass is 481 g/mol. The van der Waals surface area contributed by atoms with Gasteiger partial charge in [0.1, 0.15) is 11.4 Å². The fourth-order valence-electron chi connectivity index (χ4n) is 3.93. The van der Waals surface area contributed by atoms with Gasteiger partial charge in [-0.2, -0.15) is 0 Å². The van der Waals surface area contributed by atoms with Gasteiger partial charge in [0, 0.05) is 11.1 Å². The van der Waals surface area contributed by atoms with Gasteiger partial charge in [0.2, 0.25) is 5.78 Å². The highest BCUT2D eigenvalue weighted by Crippen LogP contribution is 2.43. The molecule has 33 heavy (non-hydrogen) atoms. The van der Waals surface area contributed by atoms with Crippen LogP contribution >= 0.6 is 23.2 Å². The van der Waals surface area contributed by atoms with Gasteiger partial charge in [-0.3, -0.25) is 14.5 Å². The van der Waals surface area contributed by atoms with Gasteiger partial charge < -0.3 is 9.52 Å². The lowest BCUT2D eigenvalue weighted by Crippen LogP contribution is -2.31. The van der Waals surface area contributed by atoms with E-state index in [1.807, 2.05) is 0 Å². The third-order valence-electron chi connectivity index (χ3n) is 5.47. The van der Waals surface area contributed by atoms with Crippen molar-refractivity contribution in [3.8, 4) is 0 Å². The molecule has 0 bridgehead atoms. The molecule has 1 aliphatic rings. The summed E-state index contributed by atoms with van der Waals surface area (Å²) < 4.78 is 19.2. The summed E-state index contributed by atoms with van der Waals surface area (Å²) in [6, 6.07) is 17.4. The van der Waals surface area contributed by atoms with Gasteiger partial charge in [-0.1, -0.05) is 47.5 Å². The van der Waals surface area contributed by atoms with Gasteiger partial charge in [-0.25, -0.2) is 4.39 Å². The SMILES string of the molecule is O=C(C1=C(O)C(=O)N(c2ccc(F)cc2)C1c1ccc(Cl)c(Cl)c1)c1cc2ccccc2o1. The van der Waals surface area contributed by atoms with Crippen molar-refractivity contribution in [1.29, 1.82) is 0 Å². The van der Waals surface area contributed by atoms with E-state index in [-0.39, 0.29) is 27.1 Å². The maximum absolute atomic E-state index is 13.5. The minimum atomic E-state index is -1.04. The van der Waals surface area contributed by atoms with Crippen molar-refractivity contribution in [3.63, 3.8) is 0 Å². The summed E-state index contributed by atoms with van der Waals surface area (Å²) >= 11 is 12.3. The lowest BCUT2D eigenvalue weighted by Gasteiger charge is -2.27. The van der Waals surface area contributed by atoms with E-state index in [0.29, 0.717) is 16.5 Å². The number of aliphatic hydroxyl groups excluding tert-OH is 1. The largest absolute Gasteiger partial charge is 0.503 e. The number of para-hydroxylation sites is 1. The summed E-state index contributed by atoms with van der Waals surface area (Å²) in [4.78, 5) is 27.9. The molecule has 4 aromatic rings. The molecule has 1 aliphatic heterocycles. The Kier molecular flexibility index (Phi) is 5.19. The summed E-state index contributed by atoms with van der Waals surface area (Å²) in [5, 5.41) is 12.0. The van der Waals surface area contributed by atoms with Crippen molar-refractivity contribution >= 4 is 51.5 Å². The summed E-state index contributed by atoms with van der Waals surface area (Å²) in [5.74, 6) is -2.71. The Morgan fingerprint density at radius 1 is 0.970 bits per heavy atom. The average molecular weight is 482 g/mol. The summed E-state index contributed by atoms with van der Waals surface area (Å²) in [6.45, 7) is 0. The van der Waals surface area contributed by atoms with Gasteiger partial charge in [0.05, 0.1) is 21.7 Å². The molecule has 1 unspecified atom stereocenters. The molecule has 5 rings (SSSR count). The van der Waals surface area contributed by atoms with E-state index in [1.165, 1.54) is 41.3 Å². The zero-order valence-corrected chi connectivity index (χ0v) is 18.3. The lowest BCUT2D eigenvalue weighted by atomic mass is 9.94. The molecular weight excluding hydrogens is 468 g/mol. The van der Waals surface area contributed by atoms with Crippen LogP contribution in [0.3, 0.4) is 0 Å². The van der Waals surface area contributed by atoms with Gasteiger partial charge in [0.25, 0.3) is 5.91 Å². The summed E-state index contributed by atoms with van der Waals surface area (Å²) in [6.07, 6.45) is 0. The molecule has 1 aromatic heterocycles. The Labute approximate surface area is 197 Å². The molecule has 1 N–H and O–H groups in total. The van der Waals surface area contributed by atoms with Crippen molar-refractivity contribution < 1.29 is 23.5 Å². The first-order chi connectivity index (χ1) is 15.8. The standard InChI is InChI=1S/C25H14Cl2FNO4/c26-17-10-5-14(11-18(17)27)22-21(23(30)20-12-13-3-1-2-4-19(13)33-20)24(31)25(32)29(22)16-8-6-15(28)7-9-16/h1-12,22,31H. The van der Waals surface area contributed by atoms with Crippen molar-refractivity contribution in [3.05, 3.63) is 111 Å². The van der Waals surface area contributed by atoms with Crippen molar-refractivity contribution in [2.75, 3.05) is 4.90 Å². The number of aliphatic hydroxyl groups is 1. The van der Waals surface area contributed by atoms with E-state index in [9.17, 15) is 19.1 Å². The minimum Gasteiger partial charge on any atom is -0.503 e. The normalized spacial score (nSPS) is 16.2. The first kappa shape index (κ1) is 21.2. The van der Waals surface area contributed by atoms with Gasteiger partial charge in [0.15, 0.2) is 11.5 Å². The van der Waals surface area contributed by atoms with Crippen LogP contribution in [-0.2, 0) is 4.79 Å². The number of amides is 1. The highest BCUT2D eigenvalue weighted by Gasteiger charge is 2.45. The molecule has 5 nitrogen and oxygen atoms in total. The molecule has 164 valence electrons. The second-order valence-corrected chi connectivity index (χ2v) is 8.28. The topological polar surface area (TPSA) is 70.8 Å². The van der Waals surface area contributed by atoms with Crippen LogP contribution in [0.2, 0.25) is 10.0 Å². The van der Waals surface area contributed by atoms with Crippen LogP contribution in [0.5, 0.6) is 0 Å². The third kappa shape index (κ3) is 3.57. The smallest absolute Gasteiger partial charge is 0.294 e. The van der Waals surface area contributed by atoms with Crippen LogP contribution in [0, 0.1) is 5.82 Å². The molecule has 1 amide bonds. The van der Waals surface area contributed by atoms with Crippen LogP contribution in [0.1, 0.15) is 22.2 Å². The van der Waals surface area contributed by atoms with Gasteiger partial charge in [-0.15, -0.1) is 0 Å². The molecule has 8 heteroatoms. The number of carbonyl (C=O) groups is 2. The van der Waals surface area contributed by atoms with Crippen LogP contribution in [0.4, 0.5) is 10.1 Å². The number of Topliss-reactive ketones (excluding diaryl/α,β-unsaturated/α-hetero) is 1. The van der Waals surface area contributed by atoms with Crippen molar-refractivity contribution in [2.24, 2.45) is 0 Å². The lowest BCUT2D eigenvalue weighted by molar-refractivity contribution is -0.117. The Morgan fingerprint density at radius 3 is 2.39 bits per heavy atom. The third-order valence-corrected chi connectivity index (χ3v) is 6.21. The molecule has 3 aromatic carbocycles.